The predicted molar refractivity (Wildman–Crippen MR) is 94.3 cm³/mol. The molecule has 0 amide bonds. The van der Waals surface area contributed by atoms with Gasteiger partial charge in [0.25, 0.3) is 0 Å². The van der Waals surface area contributed by atoms with E-state index in [1.165, 1.54) is 5.56 Å². The lowest BCUT2D eigenvalue weighted by molar-refractivity contribution is -0.123. The zero-order chi connectivity index (χ0) is 16.8. The van der Waals surface area contributed by atoms with Crippen LogP contribution in [0.1, 0.15) is 29.5 Å². The fraction of sp³-hybridized carbons (Fsp3) is 0.333. The first-order valence-electron chi connectivity index (χ1n) is 8.53. The molecule has 2 aromatic carbocycles. The van der Waals surface area contributed by atoms with Gasteiger partial charge in [0.05, 0.1) is 11.6 Å². The van der Waals surface area contributed by atoms with Crippen molar-refractivity contribution < 1.29 is 4.79 Å². The third-order valence-corrected chi connectivity index (χ3v) is 4.79. The van der Waals surface area contributed by atoms with Crippen LogP contribution in [0.5, 0.6) is 0 Å². The van der Waals surface area contributed by atoms with Crippen molar-refractivity contribution in [1.82, 2.24) is 4.90 Å². The van der Waals surface area contributed by atoms with Gasteiger partial charge in [-0.2, -0.15) is 5.26 Å². The number of ketones is 1. The van der Waals surface area contributed by atoms with E-state index in [1.807, 2.05) is 24.3 Å². The summed E-state index contributed by atoms with van der Waals surface area (Å²) in [4.78, 5) is 15.0. The monoisotopic (exact) mass is 318 g/mol. The second-order valence-electron chi connectivity index (χ2n) is 6.45. The molecule has 0 aromatic heterocycles. The van der Waals surface area contributed by atoms with Crippen molar-refractivity contribution in [3.63, 3.8) is 0 Å². The molecule has 3 rings (SSSR count). The Morgan fingerprint density at radius 1 is 1.04 bits per heavy atom. The molecule has 3 nitrogen and oxygen atoms in total. The van der Waals surface area contributed by atoms with Crippen LogP contribution in [0.2, 0.25) is 0 Å². The molecule has 0 spiro atoms. The summed E-state index contributed by atoms with van der Waals surface area (Å²) in [5.41, 5.74) is 2.80. The molecule has 0 aliphatic carbocycles. The average Bonchev–Trinajstić information content (AvgIpc) is 2.63. The molecular formula is C21H22N2O. The van der Waals surface area contributed by atoms with Crippen LogP contribution in [0.3, 0.4) is 0 Å². The highest BCUT2D eigenvalue weighted by molar-refractivity contribution is 5.84. The SMILES string of the molecule is N#Cc1ccccc1CC(=O)C1CCN(Cc2ccccc2)CC1. The maximum atomic E-state index is 12.6. The van der Waals surface area contributed by atoms with E-state index < -0.39 is 0 Å². The molecule has 0 atom stereocenters. The lowest BCUT2D eigenvalue weighted by Crippen LogP contribution is -2.36. The molecule has 122 valence electrons. The Bertz CT molecular complexity index is 725. The quantitative estimate of drug-likeness (QED) is 0.846. The number of hydrogen-bond donors (Lipinski definition) is 0. The number of likely N-dealkylation sites (tertiary alicyclic amines) is 1. The minimum absolute atomic E-state index is 0.128. The topological polar surface area (TPSA) is 44.1 Å². The Morgan fingerprint density at radius 3 is 2.42 bits per heavy atom. The summed E-state index contributed by atoms with van der Waals surface area (Å²) in [6.45, 7) is 2.88. The lowest BCUT2D eigenvalue weighted by Gasteiger charge is -2.31. The number of hydrogen-bond acceptors (Lipinski definition) is 3. The summed E-state index contributed by atoms with van der Waals surface area (Å²) >= 11 is 0. The molecule has 0 N–H and O–H groups in total. The van der Waals surface area contributed by atoms with Gasteiger partial charge in [-0.3, -0.25) is 9.69 Å². The van der Waals surface area contributed by atoms with Gasteiger partial charge in [-0.25, -0.2) is 0 Å². The minimum Gasteiger partial charge on any atom is -0.299 e. The third kappa shape index (κ3) is 4.10. The summed E-state index contributed by atoms with van der Waals surface area (Å²) in [5, 5.41) is 9.15. The predicted octanol–water partition coefficient (Wildman–Crippen LogP) is 3.58. The van der Waals surface area contributed by atoms with Gasteiger partial charge in [0.2, 0.25) is 0 Å². The molecule has 1 heterocycles. The van der Waals surface area contributed by atoms with Gasteiger partial charge < -0.3 is 0 Å². The lowest BCUT2D eigenvalue weighted by atomic mass is 9.88. The van der Waals surface area contributed by atoms with Gasteiger partial charge >= 0.3 is 0 Å². The molecule has 0 unspecified atom stereocenters. The smallest absolute Gasteiger partial charge is 0.140 e. The molecule has 1 saturated heterocycles. The van der Waals surface area contributed by atoms with Crippen LogP contribution in [-0.2, 0) is 17.8 Å². The summed E-state index contributed by atoms with van der Waals surface area (Å²) in [7, 11) is 0. The van der Waals surface area contributed by atoms with Crippen molar-refractivity contribution in [1.29, 1.82) is 5.26 Å². The van der Waals surface area contributed by atoms with E-state index >= 15 is 0 Å². The van der Waals surface area contributed by atoms with Crippen molar-refractivity contribution >= 4 is 5.78 Å². The maximum absolute atomic E-state index is 12.6. The number of carbonyl (C=O) groups is 1. The normalized spacial score (nSPS) is 15.8. The molecule has 1 fully saturated rings. The molecule has 0 bridgehead atoms. The van der Waals surface area contributed by atoms with Gasteiger partial charge in [0.15, 0.2) is 0 Å². The van der Waals surface area contributed by atoms with Gasteiger partial charge in [0.1, 0.15) is 5.78 Å². The first-order valence-corrected chi connectivity index (χ1v) is 8.53. The third-order valence-electron chi connectivity index (χ3n) is 4.79. The van der Waals surface area contributed by atoms with Crippen LogP contribution in [0, 0.1) is 17.2 Å². The summed E-state index contributed by atoms with van der Waals surface area (Å²) in [6.07, 6.45) is 2.22. The number of piperidine rings is 1. The molecule has 1 aliphatic rings. The zero-order valence-corrected chi connectivity index (χ0v) is 13.8. The van der Waals surface area contributed by atoms with Crippen molar-refractivity contribution in [2.45, 2.75) is 25.8 Å². The first kappa shape index (κ1) is 16.4. The average molecular weight is 318 g/mol. The van der Waals surface area contributed by atoms with Gasteiger partial charge in [-0.15, -0.1) is 0 Å². The number of Topliss-reactive ketones (excluding diaryl/α,β-unsaturated/α-hetero) is 1. The molecule has 3 heteroatoms. The Kier molecular flexibility index (Phi) is 5.40. The standard InChI is InChI=1S/C21H22N2O/c22-15-20-9-5-4-8-19(20)14-21(24)18-10-12-23(13-11-18)16-17-6-2-1-3-7-17/h1-9,18H,10-14,16H2. The van der Waals surface area contributed by atoms with Gasteiger partial charge in [0, 0.05) is 18.9 Å². The second kappa shape index (κ2) is 7.90. The van der Waals surface area contributed by atoms with Crippen LogP contribution in [0.4, 0.5) is 0 Å². The fourth-order valence-corrected chi connectivity index (χ4v) is 3.37. The number of carbonyl (C=O) groups excluding carboxylic acids is 1. The van der Waals surface area contributed by atoms with Crippen molar-refractivity contribution in [2.24, 2.45) is 5.92 Å². The highest BCUT2D eigenvalue weighted by Gasteiger charge is 2.25. The van der Waals surface area contributed by atoms with Gasteiger partial charge in [-0.05, 0) is 43.1 Å². The van der Waals surface area contributed by atoms with Gasteiger partial charge in [-0.1, -0.05) is 48.5 Å². The van der Waals surface area contributed by atoms with Crippen LogP contribution < -0.4 is 0 Å². The molecular weight excluding hydrogens is 296 g/mol. The van der Waals surface area contributed by atoms with E-state index in [0.29, 0.717) is 12.0 Å². The van der Waals surface area contributed by atoms with Crippen molar-refractivity contribution in [2.75, 3.05) is 13.1 Å². The van der Waals surface area contributed by atoms with Crippen LogP contribution >= 0.6 is 0 Å². The first-order chi connectivity index (χ1) is 11.8. The second-order valence-corrected chi connectivity index (χ2v) is 6.45. The Morgan fingerprint density at radius 2 is 1.71 bits per heavy atom. The van der Waals surface area contributed by atoms with E-state index in [-0.39, 0.29) is 11.7 Å². The van der Waals surface area contributed by atoms with E-state index in [0.717, 1.165) is 38.0 Å². The highest BCUT2D eigenvalue weighted by Crippen LogP contribution is 2.22. The Balaban J connectivity index is 1.53. The Labute approximate surface area is 143 Å². The number of rotatable bonds is 5. The molecule has 1 aliphatic heterocycles. The van der Waals surface area contributed by atoms with E-state index in [2.05, 4.69) is 35.2 Å². The highest BCUT2D eigenvalue weighted by atomic mass is 16.1. The minimum atomic E-state index is 0.128. The zero-order valence-electron chi connectivity index (χ0n) is 13.8. The molecule has 24 heavy (non-hydrogen) atoms. The summed E-state index contributed by atoms with van der Waals surface area (Å²) in [6, 6.07) is 20.1. The van der Waals surface area contributed by atoms with E-state index in [1.54, 1.807) is 6.07 Å². The van der Waals surface area contributed by atoms with Crippen molar-refractivity contribution in [3.8, 4) is 6.07 Å². The maximum Gasteiger partial charge on any atom is 0.140 e. The Hall–Kier alpha value is -2.44. The summed E-state index contributed by atoms with van der Waals surface area (Å²) < 4.78 is 0. The van der Waals surface area contributed by atoms with Crippen LogP contribution in [0.25, 0.3) is 0 Å². The van der Waals surface area contributed by atoms with Crippen LogP contribution in [-0.4, -0.2) is 23.8 Å². The largest absolute Gasteiger partial charge is 0.299 e. The number of nitrogens with zero attached hydrogens (tertiary/aromatic N) is 2. The molecule has 2 aromatic rings. The number of benzene rings is 2. The van der Waals surface area contributed by atoms with E-state index in [9.17, 15) is 4.79 Å². The molecule has 0 radical (unpaired) electrons. The number of nitriles is 1. The van der Waals surface area contributed by atoms with Crippen molar-refractivity contribution in [3.05, 3.63) is 71.3 Å². The van der Waals surface area contributed by atoms with E-state index in [4.69, 9.17) is 5.26 Å². The molecule has 0 saturated carbocycles. The summed E-state index contributed by atoms with van der Waals surface area (Å²) in [5.74, 6) is 0.404. The van der Waals surface area contributed by atoms with Crippen LogP contribution in [0.15, 0.2) is 54.6 Å². The fourth-order valence-electron chi connectivity index (χ4n) is 3.37.